The van der Waals surface area contributed by atoms with Crippen LogP contribution in [-0.4, -0.2) is 19.2 Å². The third-order valence-corrected chi connectivity index (χ3v) is 2.19. The minimum atomic E-state index is 0.533. The number of para-hydroxylation sites is 1. The van der Waals surface area contributed by atoms with Gasteiger partial charge in [-0.2, -0.15) is 0 Å². The van der Waals surface area contributed by atoms with Gasteiger partial charge in [0.25, 0.3) is 0 Å². The summed E-state index contributed by atoms with van der Waals surface area (Å²) in [5, 5.41) is 0. The van der Waals surface area contributed by atoms with Crippen molar-refractivity contribution in [3.63, 3.8) is 0 Å². The molecule has 0 aliphatic carbocycles. The second-order valence-corrected chi connectivity index (χ2v) is 3.22. The van der Waals surface area contributed by atoms with Crippen molar-refractivity contribution < 1.29 is 14.2 Å². The van der Waals surface area contributed by atoms with Gasteiger partial charge in [-0.3, -0.25) is 4.98 Å². The maximum atomic E-state index is 5.69. The van der Waals surface area contributed by atoms with Crippen LogP contribution in [0.3, 0.4) is 0 Å². The first-order valence-electron chi connectivity index (χ1n) is 5.06. The number of rotatable bonds is 4. The molecule has 1 aromatic carbocycles. The summed E-state index contributed by atoms with van der Waals surface area (Å²) in [7, 11) is 3.16. The van der Waals surface area contributed by atoms with Crippen LogP contribution in [0.5, 0.6) is 23.0 Å². The van der Waals surface area contributed by atoms with E-state index in [9.17, 15) is 0 Å². The lowest BCUT2D eigenvalue weighted by atomic mass is 10.3. The lowest BCUT2D eigenvalue weighted by molar-refractivity contribution is 0.346. The molecule has 4 nitrogen and oxygen atoms in total. The topological polar surface area (TPSA) is 40.6 Å². The smallest absolute Gasteiger partial charge is 0.211 e. The molecule has 0 fully saturated rings. The Hall–Kier alpha value is -2.23. The molecule has 0 saturated carbocycles. The summed E-state index contributed by atoms with van der Waals surface area (Å²) in [6, 6.07) is 8.89. The van der Waals surface area contributed by atoms with Crippen LogP contribution in [-0.2, 0) is 0 Å². The fraction of sp³-hybridized carbons (Fsp3) is 0.154. The molecule has 1 heterocycles. The molecular weight excluding hydrogens is 218 g/mol. The van der Waals surface area contributed by atoms with Gasteiger partial charge < -0.3 is 14.2 Å². The predicted octanol–water partition coefficient (Wildman–Crippen LogP) is 2.69. The molecule has 1 radical (unpaired) electrons. The third kappa shape index (κ3) is 2.47. The molecule has 0 saturated heterocycles. The van der Waals surface area contributed by atoms with Gasteiger partial charge in [-0.15, -0.1) is 0 Å². The van der Waals surface area contributed by atoms with E-state index in [4.69, 9.17) is 14.2 Å². The molecule has 0 bridgehead atoms. The highest BCUT2D eigenvalue weighted by atomic mass is 16.5. The Morgan fingerprint density at radius 3 is 2.29 bits per heavy atom. The maximum absolute atomic E-state index is 5.69. The number of hydrogen-bond acceptors (Lipinski definition) is 4. The summed E-state index contributed by atoms with van der Waals surface area (Å²) < 4.78 is 16.1. The number of benzene rings is 1. The molecule has 4 heteroatoms. The van der Waals surface area contributed by atoms with E-state index in [0.29, 0.717) is 23.0 Å². The summed E-state index contributed by atoms with van der Waals surface area (Å²) >= 11 is 0. The summed E-state index contributed by atoms with van der Waals surface area (Å²) in [5.74, 6) is 2.35. The van der Waals surface area contributed by atoms with E-state index < -0.39 is 0 Å². The first kappa shape index (κ1) is 11.3. The van der Waals surface area contributed by atoms with Crippen LogP contribution in [0.4, 0.5) is 0 Å². The fourth-order valence-electron chi connectivity index (χ4n) is 1.40. The van der Waals surface area contributed by atoms with Crippen LogP contribution >= 0.6 is 0 Å². The summed E-state index contributed by atoms with van der Waals surface area (Å²) in [6.45, 7) is 0. The van der Waals surface area contributed by atoms with Gasteiger partial charge in [0.15, 0.2) is 11.5 Å². The fourth-order valence-corrected chi connectivity index (χ4v) is 1.40. The van der Waals surface area contributed by atoms with Gasteiger partial charge in [0.1, 0.15) is 5.75 Å². The van der Waals surface area contributed by atoms with Crippen LogP contribution in [0, 0.1) is 6.20 Å². The highest BCUT2D eigenvalue weighted by molar-refractivity contribution is 5.52. The highest BCUT2D eigenvalue weighted by Gasteiger charge is 2.11. The van der Waals surface area contributed by atoms with Crippen molar-refractivity contribution in [2.75, 3.05) is 14.2 Å². The number of nitrogens with zero attached hydrogens (tertiary/aromatic N) is 1. The predicted molar refractivity (Wildman–Crippen MR) is 62.7 cm³/mol. The molecule has 0 spiro atoms. The van der Waals surface area contributed by atoms with Crippen molar-refractivity contribution in [3.8, 4) is 23.0 Å². The SMILES string of the molecule is COc1cccc(OC)c1Oc1cc[c]nc1. The monoisotopic (exact) mass is 230 g/mol. The molecule has 1 aromatic heterocycles. The van der Waals surface area contributed by atoms with Crippen LogP contribution < -0.4 is 14.2 Å². The van der Waals surface area contributed by atoms with Gasteiger partial charge in [-0.1, -0.05) is 6.07 Å². The average molecular weight is 230 g/mol. The number of ether oxygens (including phenoxy) is 3. The molecular formula is C13H12NO3. The van der Waals surface area contributed by atoms with Crippen molar-refractivity contribution in [1.29, 1.82) is 0 Å². The van der Waals surface area contributed by atoms with Gasteiger partial charge in [0, 0.05) is 0 Å². The number of aromatic nitrogens is 1. The zero-order chi connectivity index (χ0) is 12.1. The lowest BCUT2D eigenvalue weighted by Crippen LogP contribution is -1.94. The van der Waals surface area contributed by atoms with E-state index in [2.05, 4.69) is 11.2 Å². The minimum absolute atomic E-state index is 0.533. The average Bonchev–Trinajstić information content (AvgIpc) is 2.40. The molecule has 2 aromatic rings. The van der Waals surface area contributed by atoms with Crippen molar-refractivity contribution in [2.24, 2.45) is 0 Å². The normalized spacial score (nSPS) is 9.76. The summed E-state index contributed by atoms with van der Waals surface area (Å²) in [5.41, 5.74) is 0. The quantitative estimate of drug-likeness (QED) is 0.809. The molecule has 0 amide bonds. The van der Waals surface area contributed by atoms with Gasteiger partial charge in [-0.25, -0.2) is 0 Å². The Morgan fingerprint density at radius 2 is 1.76 bits per heavy atom. The summed E-state index contributed by atoms with van der Waals surface area (Å²) in [4.78, 5) is 3.86. The van der Waals surface area contributed by atoms with Crippen LogP contribution in [0.2, 0.25) is 0 Å². The Labute approximate surface area is 99.8 Å². The molecule has 0 aliphatic heterocycles. The number of methoxy groups -OCH3 is 2. The third-order valence-electron chi connectivity index (χ3n) is 2.19. The molecule has 87 valence electrons. The van der Waals surface area contributed by atoms with Crippen molar-refractivity contribution in [1.82, 2.24) is 4.98 Å². The molecule has 0 atom stereocenters. The van der Waals surface area contributed by atoms with Gasteiger partial charge in [0.2, 0.25) is 5.75 Å². The lowest BCUT2D eigenvalue weighted by Gasteiger charge is -2.13. The Balaban J connectivity index is 2.37. The van der Waals surface area contributed by atoms with Gasteiger partial charge >= 0.3 is 0 Å². The van der Waals surface area contributed by atoms with Crippen LogP contribution in [0.1, 0.15) is 0 Å². The zero-order valence-corrected chi connectivity index (χ0v) is 9.64. The van der Waals surface area contributed by atoms with Crippen molar-refractivity contribution >= 4 is 0 Å². The van der Waals surface area contributed by atoms with Crippen LogP contribution in [0.25, 0.3) is 0 Å². The maximum Gasteiger partial charge on any atom is 0.211 e. The van der Waals surface area contributed by atoms with Crippen molar-refractivity contribution in [3.05, 3.63) is 42.7 Å². The van der Waals surface area contributed by atoms with Crippen molar-refractivity contribution in [2.45, 2.75) is 0 Å². The molecule has 0 N–H and O–H groups in total. The second-order valence-electron chi connectivity index (χ2n) is 3.22. The van der Waals surface area contributed by atoms with E-state index in [1.54, 1.807) is 44.7 Å². The van der Waals surface area contributed by atoms with Gasteiger partial charge in [-0.05, 0) is 24.3 Å². The highest BCUT2D eigenvalue weighted by Crippen LogP contribution is 2.39. The molecule has 2 rings (SSSR count). The Morgan fingerprint density at radius 1 is 1.06 bits per heavy atom. The molecule has 17 heavy (non-hydrogen) atoms. The van der Waals surface area contributed by atoms with E-state index in [1.165, 1.54) is 0 Å². The van der Waals surface area contributed by atoms with Gasteiger partial charge in [0.05, 0.1) is 26.6 Å². The first-order chi connectivity index (χ1) is 8.35. The molecule has 0 unspecified atom stereocenters. The summed E-state index contributed by atoms with van der Waals surface area (Å²) in [6.07, 6.45) is 4.26. The Kier molecular flexibility index (Phi) is 3.45. The minimum Gasteiger partial charge on any atom is -0.493 e. The standard InChI is InChI=1S/C13H12NO3/c1-15-11-6-3-7-12(16-2)13(11)17-10-5-4-8-14-9-10/h3-7,9H,1-2H3. The molecule has 0 aliphatic rings. The zero-order valence-electron chi connectivity index (χ0n) is 9.64. The van der Waals surface area contributed by atoms with E-state index in [0.717, 1.165) is 0 Å². The number of pyridine rings is 1. The van der Waals surface area contributed by atoms with E-state index >= 15 is 0 Å². The largest absolute Gasteiger partial charge is 0.493 e. The Bertz CT molecular complexity index is 463. The van der Waals surface area contributed by atoms with E-state index in [-0.39, 0.29) is 0 Å². The van der Waals surface area contributed by atoms with E-state index in [1.807, 2.05) is 6.07 Å². The first-order valence-corrected chi connectivity index (χ1v) is 5.06. The van der Waals surface area contributed by atoms with Crippen LogP contribution in [0.15, 0.2) is 36.5 Å². The number of hydrogen-bond donors (Lipinski definition) is 0. The second kappa shape index (κ2) is 5.21.